The van der Waals surface area contributed by atoms with Gasteiger partial charge in [-0.2, -0.15) is 0 Å². The van der Waals surface area contributed by atoms with E-state index >= 15 is 0 Å². The number of halogens is 2. The molecule has 1 aromatic heterocycles. The van der Waals surface area contributed by atoms with Crippen LogP contribution in [0.5, 0.6) is 0 Å². The van der Waals surface area contributed by atoms with Gasteiger partial charge in [-0.15, -0.1) is 33.7 Å². The minimum atomic E-state index is -0.277. The topological polar surface area (TPSA) is 25.8 Å². The lowest BCUT2D eigenvalue weighted by atomic mass is 10.1. The number of aromatic nitrogens is 2. The van der Waals surface area contributed by atoms with Crippen molar-refractivity contribution in [2.45, 2.75) is 9.92 Å². The highest BCUT2D eigenvalue weighted by molar-refractivity contribution is 8.03. The highest BCUT2D eigenvalue weighted by atomic mass is 32.2. The van der Waals surface area contributed by atoms with E-state index in [-0.39, 0.29) is 11.6 Å². The highest BCUT2D eigenvalue weighted by Crippen LogP contribution is 2.32. The Bertz CT molecular complexity index is 1100. The van der Waals surface area contributed by atoms with E-state index in [1.165, 1.54) is 30.0 Å². The van der Waals surface area contributed by atoms with E-state index in [0.29, 0.717) is 4.90 Å². The van der Waals surface area contributed by atoms with E-state index in [9.17, 15) is 8.78 Å². The molecule has 0 radical (unpaired) electrons. The van der Waals surface area contributed by atoms with Crippen LogP contribution < -0.4 is 0 Å². The molecule has 4 rings (SSSR count). The summed E-state index contributed by atoms with van der Waals surface area (Å²) in [6.45, 7) is 0. The molecule has 0 saturated heterocycles. The van der Waals surface area contributed by atoms with E-state index in [1.54, 1.807) is 36.0 Å². The first-order valence-electron chi connectivity index (χ1n) is 8.74. The fourth-order valence-electron chi connectivity index (χ4n) is 2.86. The predicted molar refractivity (Wildman–Crippen MR) is 113 cm³/mol. The fraction of sp³-hybridized carbons (Fsp3) is 0.0909. The van der Waals surface area contributed by atoms with Gasteiger partial charge in [0.1, 0.15) is 22.4 Å². The monoisotopic (exact) mass is 410 g/mol. The highest BCUT2D eigenvalue weighted by Gasteiger charge is 2.11. The lowest BCUT2D eigenvalue weighted by Crippen LogP contribution is -1.95. The molecule has 0 spiro atoms. The third-order valence-corrected chi connectivity index (χ3v) is 6.48. The summed E-state index contributed by atoms with van der Waals surface area (Å²) in [6.07, 6.45) is 0. The summed E-state index contributed by atoms with van der Waals surface area (Å²) in [7, 11) is 0. The molecule has 3 aromatic carbocycles. The summed E-state index contributed by atoms with van der Waals surface area (Å²) in [5.74, 6) is 1.08. The molecule has 140 valence electrons. The van der Waals surface area contributed by atoms with Crippen molar-refractivity contribution in [1.29, 1.82) is 0 Å². The molecule has 0 unspecified atom stereocenters. The molecule has 0 fully saturated rings. The van der Waals surface area contributed by atoms with Crippen LogP contribution in [0.4, 0.5) is 8.78 Å². The number of hydrogen-bond acceptors (Lipinski definition) is 4. The third kappa shape index (κ3) is 4.18. The Morgan fingerprint density at radius 1 is 0.679 bits per heavy atom. The fourth-order valence-corrected chi connectivity index (χ4v) is 4.75. The molecule has 0 bridgehead atoms. The Labute approximate surface area is 170 Å². The van der Waals surface area contributed by atoms with Crippen LogP contribution in [-0.2, 0) is 0 Å². The lowest BCUT2D eigenvalue weighted by Gasteiger charge is -2.09. The van der Waals surface area contributed by atoms with Gasteiger partial charge in [-0.1, -0.05) is 36.4 Å². The van der Waals surface area contributed by atoms with Crippen molar-refractivity contribution in [3.05, 3.63) is 84.4 Å². The molecule has 0 N–H and O–H groups in total. The molecular formula is C22H16F2N2S2. The number of rotatable bonds is 6. The second-order valence-corrected chi connectivity index (χ2v) is 8.25. The predicted octanol–water partition coefficient (Wildman–Crippen LogP) is 6.46. The third-order valence-electron chi connectivity index (χ3n) is 4.19. The number of fused-ring (bicyclic) bond motifs is 1. The van der Waals surface area contributed by atoms with E-state index in [2.05, 4.69) is 10.2 Å². The van der Waals surface area contributed by atoms with Gasteiger partial charge in [0.05, 0.1) is 0 Å². The Kier molecular flexibility index (Phi) is 5.88. The van der Waals surface area contributed by atoms with Crippen LogP contribution in [0.2, 0.25) is 0 Å². The van der Waals surface area contributed by atoms with Crippen LogP contribution in [0.15, 0.2) is 82.7 Å². The maximum Gasteiger partial charge on any atom is 0.136 e. The zero-order valence-electron chi connectivity index (χ0n) is 14.8. The maximum absolute atomic E-state index is 13.7. The van der Waals surface area contributed by atoms with Crippen LogP contribution in [-0.4, -0.2) is 21.7 Å². The molecule has 1 heterocycles. The van der Waals surface area contributed by atoms with Crippen molar-refractivity contribution in [2.75, 3.05) is 11.5 Å². The number of benzene rings is 3. The van der Waals surface area contributed by atoms with E-state index < -0.39 is 0 Å². The molecular weight excluding hydrogens is 394 g/mol. The van der Waals surface area contributed by atoms with E-state index in [1.807, 2.05) is 30.3 Å². The van der Waals surface area contributed by atoms with Crippen LogP contribution in [0.25, 0.3) is 22.0 Å². The Balaban J connectivity index is 1.53. The van der Waals surface area contributed by atoms with Gasteiger partial charge in [0.15, 0.2) is 0 Å². The van der Waals surface area contributed by atoms with Crippen molar-refractivity contribution in [3.63, 3.8) is 0 Å². The summed E-state index contributed by atoms with van der Waals surface area (Å²) < 4.78 is 26.9. The molecule has 0 atom stereocenters. The summed E-state index contributed by atoms with van der Waals surface area (Å²) in [5.41, 5.74) is 1.57. The minimum absolute atomic E-state index is 0.189. The van der Waals surface area contributed by atoms with Crippen LogP contribution in [0.3, 0.4) is 0 Å². The maximum atomic E-state index is 13.7. The molecule has 28 heavy (non-hydrogen) atoms. The standard InChI is InChI=1S/C22H16F2N2S2/c23-16-11-9-15(10-12-16)21-17-5-1-2-6-18(17)22(26-25-21)28-14-13-27-20-8-4-3-7-19(20)24/h1-12H,13-14H2. The second kappa shape index (κ2) is 8.71. The summed E-state index contributed by atoms with van der Waals surface area (Å²) in [6, 6.07) is 21.0. The summed E-state index contributed by atoms with van der Waals surface area (Å²) in [5, 5.41) is 11.6. The number of thioether (sulfide) groups is 2. The first kappa shape index (κ1) is 18.9. The summed E-state index contributed by atoms with van der Waals surface area (Å²) in [4.78, 5) is 0.658. The van der Waals surface area contributed by atoms with Crippen molar-refractivity contribution in [3.8, 4) is 11.3 Å². The molecule has 4 aromatic rings. The van der Waals surface area contributed by atoms with Gasteiger partial charge in [-0.25, -0.2) is 8.78 Å². The van der Waals surface area contributed by atoms with Gasteiger partial charge in [-0.05, 0) is 36.4 Å². The number of hydrogen-bond donors (Lipinski definition) is 0. The van der Waals surface area contributed by atoms with E-state index in [0.717, 1.165) is 38.6 Å². The average Bonchev–Trinajstić information content (AvgIpc) is 2.73. The molecule has 2 nitrogen and oxygen atoms in total. The second-order valence-electron chi connectivity index (χ2n) is 6.03. The van der Waals surface area contributed by atoms with Gasteiger partial charge < -0.3 is 0 Å². The smallest absolute Gasteiger partial charge is 0.136 e. The first-order valence-corrected chi connectivity index (χ1v) is 10.7. The zero-order valence-corrected chi connectivity index (χ0v) is 16.4. The minimum Gasteiger partial charge on any atom is -0.207 e. The van der Waals surface area contributed by atoms with Gasteiger partial charge in [0, 0.05) is 32.7 Å². The molecule has 6 heteroatoms. The number of nitrogens with zero attached hydrogens (tertiary/aromatic N) is 2. The molecule has 0 aliphatic rings. The Morgan fingerprint density at radius 2 is 1.36 bits per heavy atom. The SMILES string of the molecule is Fc1ccc(-c2nnc(SCCSc3ccccc3F)c3ccccc23)cc1. The Hall–Kier alpha value is -2.44. The van der Waals surface area contributed by atoms with Gasteiger partial charge in [0.2, 0.25) is 0 Å². The quantitative estimate of drug-likeness (QED) is 0.269. The van der Waals surface area contributed by atoms with Gasteiger partial charge in [0.25, 0.3) is 0 Å². The molecule has 0 aliphatic heterocycles. The largest absolute Gasteiger partial charge is 0.207 e. The molecule has 0 saturated carbocycles. The van der Waals surface area contributed by atoms with Crippen molar-refractivity contribution < 1.29 is 8.78 Å². The van der Waals surface area contributed by atoms with Gasteiger partial charge in [-0.3, -0.25) is 0 Å². The van der Waals surface area contributed by atoms with E-state index in [4.69, 9.17) is 0 Å². The average molecular weight is 411 g/mol. The van der Waals surface area contributed by atoms with Crippen LogP contribution >= 0.6 is 23.5 Å². The normalized spacial score (nSPS) is 11.1. The van der Waals surface area contributed by atoms with Crippen LogP contribution in [0, 0.1) is 11.6 Å². The Morgan fingerprint density at radius 3 is 2.14 bits per heavy atom. The molecule has 0 aliphatic carbocycles. The van der Waals surface area contributed by atoms with Crippen molar-refractivity contribution in [2.24, 2.45) is 0 Å². The lowest BCUT2D eigenvalue weighted by molar-refractivity contribution is 0.602. The zero-order chi connectivity index (χ0) is 19.3. The van der Waals surface area contributed by atoms with Crippen LogP contribution in [0.1, 0.15) is 0 Å². The summed E-state index contributed by atoms with van der Waals surface area (Å²) >= 11 is 3.10. The van der Waals surface area contributed by atoms with Crippen molar-refractivity contribution >= 4 is 34.3 Å². The molecule has 0 amide bonds. The first-order chi connectivity index (χ1) is 13.7. The van der Waals surface area contributed by atoms with Crippen molar-refractivity contribution in [1.82, 2.24) is 10.2 Å². The van der Waals surface area contributed by atoms with Gasteiger partial charge >= 0.3 is 0 Å².